The van der Waals surface area contributed by atoms with Gasteiger partial charge in [-0.3, -0.25) is 10.1 Å². The molecule has 0 unspecified atom stereocenters. The first-order valence-corrected chi connectivity index (χ1v) is 7.45. The van der Waals surface area contributed by atoms with Crippen LogP contribution in [0, 0.1) is 6.92 Å². The third-order valence-corrected chi connectivity index (χ3v) is 3.82. The van der Waals surface area contributed by atoms with Crippen molar-refractivity contribution in [2.75, 3.05) is 0 Å². The quantitative estimate of drug-likeness (QED) is 0.626. The number of nitrogens with one attached hydrogen (secondary N) is 1. The van der Waals surface area contributed by atoms with Crippen LogP contribution in [0.15, 0.2) is 47.4 Å². The molecule has 0 aliphatic heterocycles. The fraction of sp³-hybridized carbons (Fsp3) is 0.176. The number of pyridine rings is 1. The van der Waals surface area contributed by atoms with Crippen molar-refractivity contribution in [1.29, 1.82) is 0 Å². The number of fused-ring (bicyclic) bond motifs is 1. The van der Waals surface area contributed by atoms with Gasteiger partial charge in [0.15, 0.2) is 0 Å². The molecule has 6 heteroatoms. The molecule has 3 heterocycles. The fourth-order valence-electron chi connectivity index (χ4n) is 2.68. The standard InChI is InChI=1S/C17H15N5O/c1-11-7-12(8-14-10-19-21-16(11)14)4-5-15-20-17(22-23-15)13-3-2-6-18-9-13/h2-3,6-10H,4-5H2,1H3,(H,19,21). The van der Waals surface area contributed by atoms with Crippen LogP contribution < -0.4 is 0 Å². The van der Waals surface area contributed by atoms with E-state index in [2.05, 4.69) is 44.4 Å². The van der Waals surface area contributed by atoms with Gasteiger partial charge in [0.25, 0.3) is 0 Å². The first-order chi connectivity index (χ1) is 11.3. The Hall–Kier alpha value is -3.02. The van der Waals surface area contributed by atoms with Gasteiger partial charge in [0.05, 0.1) is 11.7 Å². The predicted molar refractivity (Wildman–Crippen MR) is 85.8 cm³/mol. The van der Waals surface area contributed by atoms with E-state index in [4.69, 9.17) is 4.52 Å². The Morgan fingerprint density at radius 1 is 1.17 bits per heavy atom. The minimum atomic E-state index is 0.578. The number of rotatable bonds is 4. The monoisotopic (exact) mass is 305 g/mol. The largest absolute Gasteiger partial charge is 0.339 e. The molecule has 23 heavy (non-hydrogen) atoms. The number of nitrogens with zero attached hydrogens (tertiary/aromatic N) is 4. The van der Waals surface area contributed by atoms with E-state index in [0.29, 0.717) is 18.1 Å². The zero-order chi connectivity index (χ0) is 15.6. The Labute approximate surface area is 132 Å². The van der Waals surface area contributed by atoms with Gasteiger partial charge in [0, 0.05) is 29.8 Å². The maximum absolute atomic E-state index is 5.34. The molecule has 0 aliphatic rings. The van der Waals surface area contributed by atoms with Crippen molar-refractivity contribution in [2.24, 2.45) is 0 Å². The van der Waals surface area contributed by atoms with Crippen molar-refractivity contribution >= 4 is 10.9 Å². The molecular weight excluding hydrogens is 290 g/mol. The third-order valence-electron chi connectivity index (χ3n) is 3.82. The summed E-state index contributed by atoms with van der Waals surface area (Å²) >= 11 is 0. The topological polar surface area (TPSA) is 80.5 Å². The molecular formula is C17H15N5O. The Bertz CT molecular complexity index is 942. The van der Waals surface area contributed by atoms with Crippen LogP contribution >= 0.6 is 0 Å². The number of hydrogen-bond donors (Lipinski definition) is 1. The highest BCUT2D eigenvalue weighted by molar-refractivity contribution is 5.81. The van der Waals surface area contributed by atoms with Crippen LogP contribution in [0.5, 0.6) is 0 Å². The summed E-state index contributed by atoms with van der Waals surface area (Å²) in [5.41, 5.74) is 4.37. The van der Waals surface area contributed by atoms with E-state index in [1.54, 1.807) is 12.4 Å². The number of aromatic nitrogens is 5. The van der Waals surface area contributed by atoms with E-state index in [9.17, 15) is 0 Å². The van der Waals surface area contributed by atoms with E-state index in [1.807, 2.05) is 18.3 Å². The summed E-state index contributed by atoms with van der Waals surface area (Å²) in [6, 6.07) is 8.08. The molecule has 0 saturated heterocycles. The SMILES string of the molecule is Cc1cc(CCc2nc(-c3cccnc3)no2)cc2cn[nH]c12. The van der Waals surface area contributed by atoms with E-state index < -0.39 is 0 Å². The summed E-state index contributed by atoms with van der Waals surface area (Å²) in [6.45, 7) is 2.08. The maximum Gasteiger partial charge on any atom is 0.227 e. The highest BCUT2D eigenvalue weighted by Crippen LogP contribution is 2.20. The molecule has 4 rings (SSSR count). The summed E-state index contributed by atoms with van der Waals surface area (Å²) < 4.78 is 5.34. The lowest BCUT2D eigenvalue weighted by molar-refractivity contribution is 0.379. The van der Waals surface area contributed by atoms with E-state index >= 15 is 0 Å². The number of benzene rings is 1. The Morgan fingerprint density at radius 3 is 3.00 bits per heavy atom. The normalized spacial score (nSPS) is 11.2. The van der Waals surface area contributed by atoms with Gasteiger partial charge in [-0.05, 0) is 42.7 Å². The van der Waals surface area contributed by atoms with E-state index in [-0.39, 0.29) is 0 Å². The molecule has 1 aromatic carbocycles. The fourth-order valence-corrected chi connectivity index (χ4v) is 2.68. The van der Waals surface area contributed by atoms with Crippen molar-refractivity contribution < 1.29 is 4.52 Å². The van der Waals surface area contributed by atoms with E-state index in [1.165, 1.54) is 11.1 Å². The van der Waals surface area contributed by atoms with Crippen LogP contribution in [0.4, 0.5) is 0 Å². The van der Waals surface area contributed by atoms with Crippen molar-refractivity contribution in [1.82, 2.24) is 25.3 Å². The second-order valence-corrected chi connectivity index (χ2v) is 5.50. The van der Waals surface area contributed by atoms with E-state index in [0.717, 1.165) is 22.9 Å². The van der Waals surface area contributed by atoms with Crippen LogP contribution in [0.25, 0.3) is 22.3 Å². The number of H-pyrrole nitrogens is 1. The van der Waals surface area contributed by atoms with Gasteiger partial charge in [-0.1, -0.05) is 11.2 Å². The smallest absolute Gasteiger partial charge is 0.227 e. The van der Waals surface area contributed by atoms with Crippen molar-refractivity contribution in [3.05, 3.63) is 59.9 Å². The van der Waals surface area contributed by atoms with Gasteiger partial charge in [0.1, 0.15) is 0 Å². The molecule has 114 valence electrons. The van der Waals surface area contributed by atoms with Gasteiger partial charge < -0.3 is 4.52 Å². The zero-order valence-corrected chi connectivity index (χ0v) is 12.7. The first-order valence-electron chi connectivity index (χ1n) is 7.45. The van der Waals surface area contributed by atoms with Crippen LogP contribution in [0.1, 0.15) is 17.0 Å². The van der Waals surface area contributed by atoms with Crippen LogP contribution in [0.2, 0.25) is 0 Å². The zero-order valence-electron chi connectivity index (χ0n) is 12.7. The van der Waals surface area contributed by atoms with Crippen LogP contribution in [-0.4, -0.2) is 25.3 Å². The number of aryl methyl sites for hydroxylation is 3. The highest BCUT2D eigenvalue weighted by Gasteiger charge is 2.09. The third kappa shape index (κ3) is 2.70. The van der Waals surface area contributed by atoms with Crippen LogP contribution in [-0.2, 0) is 12.8 Å². The number of hydrogen-bond acceptors (Lipinski definition) is 5. The molecule has 3 aromatic heterocycles. The maximum atomic E-state index is 5.34. The molecule has 0 radical (unpaired) electrons. The summed E-state index contributed by atoms with van der Waals surface area (Å²) in [5, 5.41) is 12.2. The Balaban J connectivity index is 1.51. The minimum absolute atomic E-state index is 0.578. The van der Waals surface area contributed by atoms with Crippen molar-refractivity contribution in [3.63, 3.8) is 0 Å². The molecule has 1 N–H and O–H groups in total. The summed E-state index contributed by atoms with van der Waals surface area (Å²) in [4.78, 5) is 8.50. The Kier molecular flexibility index (Phi) is 3.34. The average molecular weight is 305 g/mol. The van der Waals surface area contributed by atoms with Gasteiger partial charge >= 0.3 is 0 Å². The molecule has 6 nitrogen and oxygen atoms in total. The summed E-state index contributed by atoms with van der Waals surface area (Å²) in [5.74, 6) is 1.21. The summed E-state index contributed by atoms with van der Waals surface area (Å²) in [7, 11) is 0. The lowest BCUT2D eigenvalue weighted by atomic mass is 10.0. The number of aromatic amines is 1. The minimum Gasteiger partial charge on any atom is -0.339 e. The molecule has 0 bridgehead atoms. The second-order valence-electron chi connectivity index (χ2n) is 5.50. The highest BCUT2D eigenvalue weighted by atomic mass is 16.5. The first kappa shape index (κ1) is 13.6. The molecule has 0 saturated carbocycles. The average Bonchev–Trinajstić information content (AvgIpc) is 3.23. The lowest BCUT2D eigenvalue weighted by Gasteiger charge is -2.02. The van der Waals surface area contributed by atoms with Gasteiger partial charge in [-0.15, -0.1) is 0 Å². The van der Waals surface area contributed by atoms with Crippen molar-refractivity contribution in [3.8, 4) is 11.4 Å². The molecule has 4 aromatic rings. The van der Waals surface area contributed by atoms with Crippen LogP contribution in [0.3, 0.4) is 0 Å². The molecule has 0 spiro atoms. The Morgan fingerprint density at radius 2 is 2.13 bits per heavy atom. The van der Waals surface area contributed by atoms with Gasteiger partial charge in [0.2, 0.25) is 11.7 Å². The lowest BCUT2D eigenvalue weighted by Crippen LogP contribution is -1.93. The predicted octanol–water partition coefficient (Wildman–Crippen LogP) is 3.10. The van der Waals surface area contributed by atoms with Gasteiger partial charge in [-0.2, -0.15) is 10.1 Å². The molecule has 0 amide bonds. The second kappa shape index (κ2) is 5.64. The van der Waals surface area contributed by atoms with Gasteiger partial charge in [-0.25, -0.2) is 0 Å². The van der Waals surface area contributed by atoms with Crippen molar-refractivity contribution in [2.45, 2.75) is 19.8 Å². The molecule has 0 atom stereocenters. The summed E-state index contributed by atoms with van der Waals surface area (Å²) in [6.07, 6.45) is 6.84. The molecule has 0 fully saturated rings. The molecule has 0 aliphatic carbocycles.